The minimum Gasteiger partial charge on any atom is -0.508 e. The van der Waals surface area contributed by atoms with Gasteiger partial charge in [0.15, 0.2) is 0 Å². The van der Waals surface area contributed by atoms with Crippen molar-refractivity contribution in [3.8, 4) is 11.5 Å². The molecule has 0 heterocycles. The van der Waals surface area contributed by atoms with Crippen molar-refractivity contribution in [2.45, 2.75) is 22.6 Å². The van der Waals surface area contributed by atoms with Crippen molar-refractivity contribution in [2.75, 3.05) is 25.7 Å². The summed E-state index contributed by atoms with van der Waals surface area (Å²) in [6.07, 6.45) is 0.419. The van der Waals surface area contributed by atoms with Crippen LogP contribution in [0.2, 0.25) is 0 Å². The molecule has 122 valence electrons. The average Bonchev–Trinajstić information content (AvgIpc) is 2.50. The summed E-state index contributed by atoms with van der Waals surface area (Å²) in [5, 5.41) is 19.9. The molecule has 2 N–H and O–H groups in total. The van der Waals surface area contributed by atoms with E-state index in [4.69, 9.17) is 0 Å². The Labute approximate surface area is 137 Å². The molecule has 0 aliphatic rings. The van der Waals surface area contributed by atoms with Crippen LogP contribution in [0.3, 0.4) is 0 Å². The molecule has 1 aromatic rings. The van der Waals surface area contributed by atoms with E-state index in [0.29, 0.717) is 21.3 Å². The van der Waals surface area contributed by atoms with Crippen LogP contribution in [-0.2, 0) is 19.1 Å². The lowest BCUT2D eigenvalue weighted by molar-refractivity contribution is -0.141. The summed E-state index contributed by atoms with van der Waals surface area (Å²) in [5.74, 6) is 0.229. The van der Waals surface area contributed by atoms with Gasteiger partial charge in [0.2, 0.25) is 0 Å². The third-order valence-electron chi connectivity index (χ3n) is 2.61. The molecule has 0 spiro atoms. The summed E-state index contributed by atoms with van der Waals surface area (Å²) >= 11 is 2.50. The van der Waals surface area contributed by atoms with Crippen LogP contribution in [0.1, 0.15) is 12.8 Å². The quantitative estimate of drug-likeness (QED) is 0.421. The predicted octanol–water partition coefficient (Wildman–Crippen LogP) is 2.41. The second-order valence-electron chi connectivity index (χ2n) is 4.14. The zero-order valence-electron chi connectivity index (χ0n) is 12.3. The van der Waals surface area contributed by atoms with Gasteiger partial charge >= 0.3 is 11.9 Å². The van der Waals surface area contributed by atoms with Crippen LogP contribution in [0, 0.1) is 0 Å². The number of carbonyl (C=O) groups is 2. The molecule has 0 saturated carbocycles. The first kappa shape index (κ1) is 18.5. The standard InChI is InChI=1S/C14H18O6S2/c1-19-12(16)3-5-21-10-7-9(15)8-11(14(10)18)22-6-4-13(17)20-2/h7-8,15,18H,3-6H2,1-2H3. The van der Waals surface area contributed by atoms with Crippen LogP contribution >= 0.6 is 23.5 Å². The van der Waals surface area contributed by atoms with E-state index in [1.54, 1.807) is 0 Å². The molecule has 0 fully saturated rings. The smallest absolute Gasteiger partial charge is 0.306 e. The minimum atomic E-state index is -0.334. The van der Waals surface area contributed by atoms with Gasteiger partial charge in [-0.05, 0) is 12.1 Å². The molecule has 0 saturated heterocycles. The molecule has 8 heteroatoms. The van der Waals surface area contributed by atoms with Crippen LogP contribution in [0.5, 0.6) is 11.5 Å². The third-order valence-corrected chi connectivity index (χ3v) is 4.67. The molecular weight excluding hydrogens is 328 g/mol. The Morgan fingerprint density at radius 3 is 1.73 bits per heavy atom. The molecule has 0 bridgehead atoms. The van der Waals surface area contributed by atoms with E-state index in [-0.39, 0.29) is 36.3 Å². The highest BCUT2D eigenvalue weighted by Crippen LogP contribution is 2.40. The molecule has 0 aliphatic carbocycles. The first-order valence-corrected chi connectivity index (χ1v) is 8.40. The maximum Gasteiger partial charge on any atom is 0.306 e. The Balaban J connectivity index is 2.66. The van der Waals surface area contributed by atoms with E-state index in [2.05, 4.69) is 9.47 Å². The number of phenolic OH excluding ortho intramolecular Hbond substituents is 2. The largest absolute Gasteiger partial charge is 0.508 e. The van der Waals surface area contributed by atoms with Crippen molar-refractivity contribution < 1.29 is 29.3 Å². The number of methoxy groups -OCH3 is 2. The van der Waals surface area contributed by atoms with Gasteiger partial charge in [-0.25, -0.2) is 0 Å². The Morgan fingerprint density at radius 2 is 1.36 bits per heavy atom. The highest BCUT2D eigenvalue weighted by Gasteiger charge is 2.13. The Hall–Kier alpha value is -1.54. The normalized spacial score (nSPS) is 10.3. The van der Waals surface area contributed by atoms with E-state index in [1.807, 2.05) is 0 Å². The average molecular weight is 346 g/mol. The van der Waals surface area contributed by atoms with Gasteiger partial charge in [-0.15, -0.1) is 23.5 Å². The number of aromatic hydroxyl groups is 2. The molecule has 22 heavy (non-hydrogen) atoms. The number of esters is 2. The molecular formula is C14H18O6S2. The SMILES string of the molecule is COC(=O)CCSc1cc(O)cc(SCCC(=O)OC)c1O. The van der Waals surface area contributed by atoms with Crippen LogP contribution in [0.25, 0.3) is 0 Å². The number of carbonyl (C=O) groups excluding carboxylic acids is 2. The molecule has 0 amide bonds. The van der Waals surface area contributed by atoms with Crippen LogP contribution in [-0.4, -0.2) is 47.9 Å². The van der Waals surface area contributed by atoms with Gasteiger partial charge in [0.25, 0.3) is 0 Å². The fraction of sp³-hybridized carbons (Fsp3) is 0.429. The Bertz CT molecular complexity index is 489. The fourth-order valence-electron chi connectivity index (χ4n) is 1.48. The van der Waals surface area contributed by atoms with Gasteiger partial charge in [0.05, 0.1) is 36.9 Å². The number of rotatable bonds is 8. The second-order valence-corrected chi connectivity index (χ2v) is 6.41. The van der Waals surface area contributed by atoms with E-state index in [0.717, 1.165) is 0 Å². The Morgan fingerprint density at radius 1 is 0.955 bits per heavy atom. The summed E-state index contributed by atoms with van der Waals surface area (Å²) < 4.78 is 9.08. The number of hydrogen-bond acceptors (Lipinski definition) is 8. The van der Waals surface area contributed by atoms with Gasteiger partial charge < -0.3 is 19.7 Å². The molecule has 0 unspecified atom stereocenters. The fourth-order valence-corrected chi connectivity index (χ4v) is 3.42. The molecule has 0 atom stereocenters. The van der Waals surface area contributed by atoms with Crippen molar-refractivity contribution in [1.29, 1.82) is 0 Å². The topological polar surface area (TPSA) is 93.1 Å². The highest BCUT2D eigenvalue weighted by molar-refractivity contribution is 8.00. The van der Waals surface area contributed by atoms with Crippen LogP contribution < -0.4 is 0 Å². The summed E-state index contributed by atoms with van der Waals surface area (Å²) in [6.45, 7) is 0. The van der Waals surface area contributed by atoms with Gasteiger partial charge in [-0.1, -0.05) is 0 Å². The van der Waals surface area contributed by atoms with E-state index in [1.165, 1.54) is 49.9 Å². The summed E-state index contributed by atoms with van der Waals surface area (Å²) in [6, 6.07) is 2.86. The van der Waals surface area contributed by atoms with Crippen LogP contribution in [0.15, 0.2) is 21.9 Å². The number of benzene rings is 1. The van der Waals surface area contributed by atoms with Crippen LogP contribution in [0.4, 0.5) is 0 Å². The van der Waals surface area contributed by atoms with Crippen molar-refractivity contribution in [2.24, 2.45) is 0 Å². The molecule has 6 nitrogen and oxygen atoms in total. The summed E-state index contributed by atoms with van der Waals surface area (Å²) in [7, 11) is 2.63. The lowest BCUT2D eigenvalue weighted by atomic mass is 10.3. The molecule has 0 aliphatic heterocycles. The van der Waals surface area contributed by atoms with E-state index < -0.39 is 0 Å². The summed E-state index contributed by atoms with van der Waals surface area (Å²) in [5.41, 5.74) is 0. The first-order valence-electron chi connectivity index (χ1n) is 6.43. The molecule has 0 aromatic heterocycles. The van der Waals surface area contributed by atoms with Crippen molar-refractivity contribution in [3.05, 3.63) is 12.1 Å². The zero-order chi connectivity index (χ0) is 16.5. The molecule has 1 rings (SSSR count). The third kappa shape index (κ3) is 6.07. The molecule has 0 radical (unpaired) electrons. The highest BCUT2D eigenvalue weighted by atomic mass is 32.2. The first-order chi connectivity index (χ1) is 10.5. The van der Waals surface area contributed by atoms with Crippen molar-refractivity contribution >= 4 is 35.5 Å². The monoisotopic (exact) mass is 346 g/mol. The second kappa shape index (κ2) is 9.47. The zero-order valence-corrected chi connectivity index (χ0v) is 14.0. The lowest BCUT2D eigenvalue weighted by Gasteiger charge is -2.10. The number of thioether (sulfide) groups is 2. The Kier molecular flexibility index (Phi) is 7.97. The van der Waals surface area contributed by atoms with Gasteiger partial charge in [0.1, 0.15) is 11.5 Å². The minimum absolute atomic E-state index is 0.0129. The molecule has 1 aromatic carbocycles. The van der Waals surface area contributed by atoms with Gasteiger partial charge in [-0.3, -0.25) is 9.59 Å². The van der Waals surface area contributed by atoms with E-state index >= 15 is 0 Å². The lowest BCUT2D eigenvalue weighted by Crippen LogP contribution is -2.01. The summed E-state index contributed by atoms with van der Waals surface area (Å²) in [4.78, 5) is 23.1. The van der Waals surface area contributed by atoms with Gasteiger partial charge in [-0.2, -0.15) is 0 Å². The number of phenols is 2. The maximum atomic E-state index is 11.1. The predicted molar refractivity (Wildman–Crippen MR) is 84.5 cm³/mol. The number of ether oxygens (including phenoxy) is 2. The van der Waals surface area contributed by atoms with Gasteiger partial charge in [0, 0.05) is 11.5 Å². The van der Waals surface area contributed by atoms with Crippen molar-refractivity contribution in [1.82, 2.24) is 0 Å². The van der Waals surface area contributed by atoms with E-state index in [9.17, 15) is 19.8 Å². The maximum absolute atomic E-state index is 11.1. The number of hydrogen-bond donors (Lipinski definition) is 2. The van der Waals surface area contributed by atoms with Crippen molar-refractivity contribution in [3.63, 3.8) is 0 Å².